The van der Waals surface area contributed by atoms with Gasteiger partial charge in [-0.3, -0.25) is 10.1 Å². The number of carboxylic acids is 1. The van der Waals surface area contributed by atoms with Crippen LogP contribution in [0.15, 0.2) is 29.2 Å². The van der Waals surface area contributed by atoms with Gasteiger partial charge in [0, 0.05) is 6.26 Å². The number of hydrogen-bond donors (Lipinski definition) is 2. The molecule has 0 aliphatic rings. The van der Waals surface area contributed by atoms with Gasteiger partial charge in [-0.25, -0.2) is 8.42 Å². The predicted octanol–water partition coefficient (Wildman–Crippen LogP) is 1.31. The number of aliphatic carboxylic acids is 1. The summed E-state index contributed by atoms with van der Waals surface area (Å²) in [6.07, 6.45) is 1.94. The highest BCUT2D eigenvalue weighted by Gasteiger charge is 2.33. The van der Waals surface area contributed by atoms with Crippen molar-refractivity contribution in [1.82, 2.24) is 5.32 Å². The van der Waals surface area contributed by atoms with Gasteiger partial charge in [-0.1, -0.05) is 6.92 Å². The molecule has 0 fully saturated rings. The van der Waals surface area contributed by atoms with E-state index in [0.29, 0.717) is 12.3 Å². The van der Waals surface area contributed by atoms with Crippen LogP contribution in [0.5, 0.6) is 5.75 Å². The lowest BCUT2D eigenvalue weighted by Crippen LogP contribution is -2.54. The van der Waals surface area contributed by atoms with Gasteiger partial charge in [0.05, 0.1) is 4.90 Å². The standard InChI is InChI=1S/C14H21NO5S/c1-4-9-15-14(2,13(16)17)10-20-11-5-7-12(8-6-11)21(3,18)19/h5-8,15H,4,9-10H2,1-3H3,(H,16,17). The summed E-state index contributed by atoms with van der Waals surface area (Å²) in [6.45, 7) is 4.01. The molecular formula is C14H21NO5S. The van der Waals surface area contributed by atoms with E-state index in [-0.39, 0.29) is 11.5 Å². The van der Waals surface area contributed by atoms with Gasteiger partial charge in [0.1, 0.15) is 17.9 Å². The Morgan fingerprint density at radius 1 is 1.33 bits per heavy atom. The van der Waals surface area contributed by atoms with Crippen molar-refractivity contribution in [2.45, 2.75) is 30.7 Å². The van der Waals surface area contributed by atoms with E-state index in [4.69, 9.17) is 4.74 Å². The first-order valence-electron chi connectivity index (χ1n) is 6.60. The molecule has 0 saturated carbocycles. The van der Waals surface area contributed by atoms with E-state index >= 15 is 0 Å². The number of benzene rings is 1. The Hall–Kier alpha value is -1.60. The maximum atomic E-state index is 11.3. The van der Waals surface area contributed by atoms with Gasteiger partial charge < -0.3 is 9.84 Å². The first-order valence-corrected chi connectivity index (χ1v) is 8.49. The van der Waals surface area contributed by atoms with Crippen LogP contribution in [0.2, 0.25) is 0 Å². The number of sulfone groups is 1. The lowest BCUT2D eigenvalue weighted by Gasteiger charge is -2.26. The molecule has 6 nitrogen and oxygen atoms in total. The second-order valence-electron chi connectivity index (χ2n) is 5.10. The van der Waals surface area contributed by atoms with E-state index in [1.165, 1.54) is 24.3 Å². The van der Waals surface area contributed by atoms with Crippen LogP contribution >= 0.6 is 0 Å². The van der Waals surface area contributed by atoms with Gasteiger partial charge in [-0.05, 0) is 44.2 Å². The Morgan fingerprint density at radius 2 is 1.90 bits per heavy atom. The third kappa shape index (κ3) is 5.02. The van der Waals surface area contributed by atoms with Crippen LogP contribution in [0.25, 0.3) is 0 Å². The van der Waals surface area contributed by atoms with Gasteiger partial charge in [0.2, 0.25) is 0 Å². The fourth-order valence-electron chi connectivity index (χ4n) is 1.60. The highest BCUT2D eigenvalue weighted by Crippen LogP contribution is 2.17. The largest absolute Gasteiger partial charge is 0.491 e. The molecule has 1 unspecified atom stereocenters. The summed E-state index contributed by atoms with van der Waals surface area (Å²) in [7, 11) is -3.25. The molecule has 0 heterocycles. The molecule has 0 amide bonds. The van der Waals surface area contributed by atoms with E-state index in [9.17, 15) is 18.3 Å². The smallest absolute Gasteiger partial charge is 0.327 e. The summed E-state index contributed by atoms with van der Waals surface area (Å²) in [5, 5.41) is 12.2. The quantitative estimate of drug-likeness (QED) is 0.751. The van der Waals surface area contributed by atoms with E-state index in [1.54, 1.807) is 6.92 Å². The minimum Gasteiger partial charge on any atom is -0.491 e. The highest BCUT2D eigenvalue weighted by molar-refractivity contribution is 7.90. The van der Waals surface area contributed by atoms with E-state index in [0.717, 1.165) is 12.7 Å². The zero-order valence-electron chi connectivity index (χ0n) is 12.4. The summed E-state index contributed by atoms with van der Waals surface area (Å²) in [6, 6.07) is 5.89. The summed E-state index contributed by atoms with van der Waals surface area (Å²) in [5.74, 6) is -0.572. The minimum atomic E-state index is -3.25. The fraction of sp³-hybridized carbons (Fsp3) is 0.500. The molecule has 1 aromatic rings. The average Bonchev–Trinajstić information content (AvgIpc) is 2.42. The second-order valence-corrected chi connectivity index (χ2v) is 7.11. The zero-order chi connectivity index (χ0) is 16.1. The molecule has 0 aliphatic carbocycles. The summed E-state index contributed by atoms with van der Waals surface area (Å²) >= 11 is 0. The number of carboxylic acid groups (broad SMARTS) is 1. The molecule has 0 aromatic heterocycles. The van der Waals surface area contributed by atoms with Crippen LogP contribution < -0.4 is 10.1 Å². The molecule has 7 heteroatoms. The SMILES string of the molecule is CCCNC(C)(COc1ccc(S(C)(=O)=O)cc1)C(=O)O. The molecule has 1 aromatic carbocycles. The average molecular weight is 315 g/mol. The van der Waals surface area contributed by atoms with Crippen molar-refractivity contribution in [3.05, 3.63) is 24.3 Å². The summed E-state index contributed by atoms with van der Waals surface area (Å²) in [5.41, 5.74) is -1.19. The van der Waals surface area contributed by atoms with Crippen LogP contribution in [0.3, 0.4) is 0 Å². The molecule has 0 radical (unpaired) electrons. The van der Waals surface area contributed by atoms with Crippen molar-refractivity contribution in [3.63, 3.8) is 0 Å². The number of carbonyl (C=O) groups is 1. The van der Waals surface area contributed by atoms with Crippen molar-refractivity contribution >= 4 is 15.8 Å². The van der Waals surface area contributed by atoms with Crippen molar-refractivity contribution in [2.75, 3.05) is 19.4 Å². The topological polar surface area (TPSA) is 92.7 Å². The Labute approximate surface area is 125 Å². The molecule has 0 aliphatic heterocycles. The van der Waals surface area contributed by atoms with Gasteiger partial charge in [0.25, 0.3) is 0 Å². The molecule has 118 valence electrons. The van der Waals surface area contributed by atoms with Crippen LogP contribution in [0.1, 0.15) is 20.3 Å². The van der Waals surface area contributed by atoms with Crippen molar-refractivity contribution in [1.29, 1.82) is 0 Å². The first-order chi connectivity index (χ1) is 9.69. The molecule has 0 saturated heterocycles. The highest BCUT2D eigenvalue weighted by atomic mass is 32.2. The van der Waals surface area contributed by atoms with Crippen LogP contribution in [0.4, 0.5) is 0 Å². The Kier molecular flexibility index (Phi) is 5.74. The molecule has 2 N–H and O–H groups in total. The van der Waals surface area contributed by atoms with E-state index in [2.05, 4.69) is 5.32 Å². The lowest BCUT2D eigenvalue weighted by atomic mass is 10.0. The Bertz CT molecular complexity index is 582. The monoisotopic (exact) mass is 315 g/mol. The minimum absolute atomic E-state index is 0.0550. The van der Waals surface area contributed by atoms with Crippen LogP contribution in [0, 0.1) is 0 Å². The predicted molar refractivity (Wildman–Crippen MR) is 79.4 cm³/mol. The number of hydrogen-bond acceptors (Lipinski definition) is 5. The molecule has 0 bridgehead atoms. The summed E-state index contributed by atoms with van der Waals surface area (Å²) in [4.78, 5) is 11.5. The van der Waals surface area contributed by atoms with Crippen molar-refractivity contribution < 1.29 is 23.1 Å². The molecule has 1 atom stereocenters. The van der Waals surface area contributed by atoms with Crippen molar-refractivity contribution in [2.24, 2.45) is 0 Å². The van der Waals surface area contributed by atoms with Crippen molar-refractivity contribution in [3.8, 4) is 5.75 Å². The Balaban J connectivity index is 2.75. The Morgan fingerprint density at radius 3 is 2.33 bits per heavy atom. The first kappa shape index (κ1) is 17.5. The molecule has 0 spiro atoms. The lowest BCUT2D eigenvalue weighted by molar-refractivity contribution is -0.145. The van der Waals surface area contributed by atoms with E-state index in [1.807, 2.05) is 6.92 Å². The van der Waals surface area contributed by atoms with Gasteiger partial charge in [-0.2, -0.15) is 0 Å². The molecule has 1 rings (SSSR count). The van der Waals surface area contributed by atoms with Crippen LogP contribution in [-0.4, -0.2) is 44.4 Å². The van der Waals surface area contributed by atoms with E-state index < -0.39 is 21.3 Å². The van der Waals surface area contributed by atoms with Gasteiger partial charge >= 0.3 is 5.97 Å². The second kappa shape index (κ2) is 6.91. The number of ether oxygens (including phenoxy) is 1. The normalized spacial score (nSPS) is 14.4. The maximum absolute atomic E-state index is 11.3. The number of nitrogens with one attached hydrogen (secondary N) is 1. The van der Waals surface area contributed by atoms with Gasteiger partial charge in [-0.15, -0.1) is 0 Å². The van der Waals surface area contributed by atoms with Crippen LogP contribution in [-0.2, 0) is 14.6 Å². The third-order valence-electron chi connectivity index (χ3n) is 3.02. The summed E-state index contributed by atoms with van der Waals surface area (Å²) < 4.78 is 28.1. The maximum Gasteiger partial charge on any atom is 0.327 e. The third-order valence-corrected chi connectivity index (χ3v) is 4.15. The fourth-order valence-corrected chi connectivity index (χ4v) is 2.23. The van der Waals surface area contributed by atoms with Gasteiger partial charge in [0.15, 0.2) is 9.84 Å². The number of rotatable bonds is 8. The zero-order valence-corrected chi connectivity index (χ0v) is 13.2. The molecule has 21 heavy (non-hydrogen) atoms. The molecular weight excluding hydrogens is 294 g/mol.